The number of aliphatic carboxylic acids is 3. The molecule has 0 fully saturated rings. The second-order valence-corrected chi connectivity index (χ2v) is 11.3. The van der Waals surface area contributed by atoms with Crippen molar-refractivity contribution in [3.63, 3.8) is 0 Å². The van der Waals surface area contributed by atoms with Gasteiger partial charge in [-0.2, -0.15) is 0 Å². The highest BCUT2D eigenvalue weighted by molar-refractivity contribution is 5.67. The summed E-state index contributed by atoms with van der Waals surface area (Å²) in [5.74, 6) is -3.17. The largest absolute Gasteiger partial charge is 0.550 e. The van der Waals surface area contributed by atoms with Crippen LogP contribution in [0.3, 0.4) is 0 Å². The Kier molecular flexibility index (Phi) is 25.1. The highest BCUT2D eigenvalue weighted by atomic mass is 16.4. The summed E-state index contributed by atoms with van der Waals surface area (Å²) in [6.45, 7) is 2.75. The minimum atomic E-state index is -1.21. The van der Waals surface area contributed by atoms with Crippen molar-refractivity contribution < 1.29 is 34.2 Å². The Labute approximate surface area is 238 Å². The first-order valence-corrected chi connectivity index (χ1v) is 16.0. The minimum Gasteiger partial charge on any atom is -0.550 e. The number of rotatable bonds is 30. The predicted molar refractivity (Wildman–Crippen MR) is 156 cm³/mol. The lowest BCUT2D eigenvalue weighted by molar-refractivity contribution is -0.878. The van der Waals surface area contributed by atoms with Crippen molar-refractivity contribution in [3.05, 3.63) is 12.3 Å². The molecule has 0 aliphatic carbocycles. The monoisotopic (exact) mass is 553 g/mol. The Morgan fingerprint density at radius 3 is 1.23 bits per heavy atom. The van der Waals surface area contributed by atoms with Crippen LogP contribution in [0.1, 0.15) is 155 Å². The molecule has 0 amide bonds. The number of carbonyl (C=O) groups is 3. The molecule has 39 heavy (non-hydrogen) atoms. The SMILES string of the molecule is CCCCCCCCCCCCCCCCCCCCC/C=C/[N+](CCC(=O)[O-])(CCC(=O)O)CCC(=O)O. The molecule has 2 N–H and O–H groups in total. The predicted octanol–water partition coefficient (Wildman–Crippen LogP) is 7.23. The average molecular weight is 554 g/mol. The molecule has 0 rings (SSSR count). The number of hydrogen-bond acceptors (Lipinski definition) is 4. The molecule has 0 spiro atoms. The Balaban J connectivity index is 3.91. The molecule has 0 saturated heterocycles. The molecule has 0 heterocycles. The average Bonchev–Trinajstić information content (AvgIpc) is 2.90. The molecule has 0 aromatic carbocycles. The normalized spacial score (nSPS) is 11.8. The van der Waals surface area contributed by atoms with E-state index in [0.717, 1.165) is 19.3 Å². The number of carbonyl (C=O) groups excluding carboxylic acids is 1. The minimum absolute atomic E-state index is 0.0473. The van der Waals surface area contributed by atoms with Crippen LogP contribution in [-0.4, -0.2) is 52.2 Å². The Morgan fingerprint density at radius 1 is 0.564 bits per heavy atom. The molecule has 0 bridgehead atoms. The maximum absolute atomic E-state index is 11.1. The number of quaternary nitrogens is 1. The lowest BCUT2D eigenvalue weighted by atomic mass is 10.0. The van der Waals surface area contributed by atoms with Crippen LogP contribution in [0.5, 0.6) is 0 Å². The molecule has 228 valence electrons. The summed E-state index contributed by atoms with van der Waals surface area (Å²) in [7, 11) is 0. The van der Waals surface area contributed by atoms with E-state index in [1.807, 2.05) is 12.3 Å². The Hall–Kier alpha value is -1.89. The number of hydrogen-bond donors (Lipinski definition) is 2. The van der Waals surface area contributed by atoms with E-state index < -0.39 is 17.9 Å². The van der Waals surface area contributed by atoms with Gasteiger partial charge in [-0.15, -0.1) is 0 Å². The fourth-order valence-electron chi connectivity index (χ4n) is 5.15. The van der Waals surface area contributed by atoms with E-state index in [0.29, 0.717) is 0 Å². The first-order chi connectivity index (χ1) is 18.8. The first-order valence-electron chi connectivity index (χ1n) is 16.0. The maximum atomic E-state index is 11.1. The zero-order chi connectivity index (χ0) is 29.0. The van der Waals surface area contributed by atoms with Crippen molar-refractivity contribution in [2.75, 3.05) is 19.6 Å². The van der Waals surface area contributed by atoms with E-state index in [-0.39, 0.29) is 43.4 Å². The second kappa shape index (κ2) is 26.3. The molecule has 7 nitrogen and oxygen atoms in total. The molecule has 0 aromatic heterocycles. The maximum Gasteiger partial charge on any atom is 0.309 e. The van der Waals surface area contributed by atoms with Crippen LogP contribution < -0.4 is 5.11 Å². The van der Waals surface area contributed by atoms with Crippen molar-refractivity contribution in [2.24, 2.45) is 0 Å². The number of allylic oxidation sites excluding steroid dienone is 1. The highest BCUT2D eigenvalue weighted by Gasteiger charge is 2.26. The van der Waals surface area contributed by atoms with Crippen molar-refractivity contribution in [1.82, 2.24) is 0 Å². The van der Waals surface area contributed by atoms with Gasteiger partial charge in [0, 0.05) is 12.4 Å². The Bertz CT molecular complexity index is 603. The van der Waals surface area contributed by atoms with Crippen LogP contribution in [0.4, 0.5) is 0 Å². The van der Waals surface area contributed by atoms with Crippen LogP contribution in [0.2, 0.25) is 0 Å². The van der Waals surface area contributed by atoms with E-state index in [1.54, 1.807) is 0 Å². The molecule has 7 heteroatoms. The van der Waals surface area contributed by atoms with E-state index in [2.05, 4.69) is 6.92 Å². The summed E-state index contributed by atoms with van der Waals surface area (Å²) < 4.78 is 0.0473. The van der Waals surface area contributed by atoms with Gasteiger partial charge in [-0.3, -0.25) is 14.1 Å². The summed E-state index contributed by atoms with van der Waals surface area (Å²) in [6.07, 6.45) is 29.4. The molecule has 0 aromatic rings. The van der Waals surface area contributed by atoms with Gasteiger partial charge in [-0.25, -0.2) is 0 Å². The topological polar surface area (TPSA) is 115 Å². The quantitative estimate of drug-likeness (QED) is 0.0716. The number of unbranched alkanes of at least 4 members (excludes halogenated alkanes) is 19. The number of carboxylic acid groups (broad SMARTS) is 3. The summed E-state index contributed by atoms with van der Waals surface area (Å²) >= 11 is 0. The van der Waals surface area contributed by atoms with Crippen LogP contribution >= 0.6 is 0 Å². The fraction of sp³-hybridized carbons (Fsp3) is 0.844. The van der Waals surface area contributed by atoms with E-state index in [1.165, 1.54) is 109 Å². The third-order valence-electron chi connectivity index (χ3n) is 7.70. The summed E-state index contributed by atoms with van der Waals surface area (Å²) in [5, 5.41) is 29.2. The van der Waals surface area contributed by atoms with Crippen LogP contribution in [0, 0.1) is 0 Å². The van der Waals surface area contributed by atoms with Crippen LogP contribution in [-0.2, 0) is 14.4 Å². The summed E-state index contributed by atoms with van der Waals surface area (Å²) in [4.78, 5) is 33.2. The molecule has 0 radical (unpaired) electrons. The van der Waals surface area contributed by atoms with Crippen molar-refractivity contribution in [1.29, 1.82) is 0 Å². The third kappa shape index (κ3) is 26.1. The molecule has 0 atom stereocenters. The van der Waals surface area contributed by atoms with Gasteiger partial charge in [0.15, 0.2) is 0 Å². The molecule has 0 saturated carbocycles. The van der Waals surface area contributed by atoms with Crippen LogP contribution in [0.25, 0.3) is 0 Å². The van der Waals surface area contributed by atoms with Gasteiger partial charge in [0.25, 0.3) is 0 Å². The lowest BCUT2D eigenvalue weighted by Gasteiger charge is -2.34. The van der Waals surface area contributed by atoms with Gasteiger partial charge in [-0.1, -0.05) is 122 Å². The third-order valence-corrected chi connectivity index (χ3v) is 7.70. The molecule has 0 unspecified atom stereocenters. The first kappa shape index (κ1) is 37.1. The zero-order valence-corrected chi connectivity index (χ0v) is 25.0. The molecule has 0 aliphatic rings. The zero-order valence-electron chi connectivity index (χ0n) is 25.0. The molecular formula is C32H59NO6. The van der Waals surface area contributed by atoms with Gasteiger partial charge >= 0.3 is 11.9 Å². The molecule has 0 aliphatic heterocycles. The fourth-order valence-corrected chi connectivity index (χ4v) is 5.15. The summed E-state index contributed by atoms with van der Waals surface area (Å²) in [5.41, 5.74) is 0. The van der Waals surface area contributed by atoms with E-state index in [4.69, 9.17) is 10.2 Å². The lowest BCUT2D eigenvalue weighted by Crippen LogP contribution is -2.48. The van der Waals surface area contributed by atoms with E-state index in [9.17, 15) is 19.5 Å². The number of nitrogens with zero attached hydrogens (tertiary/aromatic N) is 1. The standard InChI is InChI=1S/C32H59NO6/c1-2-3-4-5-6-7-8-9-10-11-12-13-14-15-16-17-18-19-20-21-22-26-33(27-23-30(34)35,28-24-31(36)37)29-25-32(38)39/h22,26H,2-21,23-25,27-29H2,1H3,(H2-,34,35,36,37,38,39)/b26-22+. The molecular weight excluding hydrogens is 494 g/mol. The van der Waals surface area contributed by atoms with Crippen LogP contribution in [0.15, 0.2) is 12.3 Å². The van der Waals surface area contributed by atoms with Crippen molar-refractivity contribution in [2.45, 2.75) is 155 Å². The highest BCUT2D eigenvalue weighted by Crippen LogP contribution is 2.17. The smallest absolute Gasteiger partial charge is 0.309 e. The number of carboxylic acids is 3. The van der Waals surface area contributed by atoms with Gasteiger partial charge < -0.3 is 20.1 Å². The second-order valence-electron chi connectivity index (χ2n) is 11.3. The van der Waals surface area contributed by atoms with Crippen molar-refractivity contribution in [3.8, 4) is 0 Å². The van der Waals surface area contributed by atoms with Gasteiger partial charge in [-0.05, 0) is 18.9 Å². The van der Waals surface area contributed by atoms with Gasteiger partial charge in [0.05, 0.1) is 38.7 Å². The van der Waals surface area contributed by atoms with Gasteiger partial charge in [0.1, 0.15) is 0 Å². The summed E-state index contributed by atoms with van der Waals surface area (Å²) in [6, 6.07) is 0. The van der Waals surface area contributed by atoms with Gasteiger partial charge in [0.2, 0.25) is 0 Å². The van der Waals surface area contributed by atoms with E-state index >= 15 is 0 Å². The van der Waals surface area contributed by atoms with Crippen molar-refractivity contribution >= 4 is 17.9 Å². The Morgan fingerprint density at radius 2 is 0.897 bits per heavy atom.